The third-order valence-corrected chi connectivity index (χ3v) is 19.4. The van der Waals surface area contributed by atoms with E-state index in [9.17, 15) is 61.0 Å². The number of hydrogen-bond donors (Lipinski definition) is 12. The Morgan fingerprint density at radius 2 is 0.674 bits per heavy atom. The molecule has 0 aromatic heterocycles. The van der Waals surface area contributed by atoms with Crippen LogP contribution in [0.25, 0.3) is 0 Å². The molecule has 0 aliphatic carbocycles. The maximum atomic E-state index is 13.4. The zero-order chi connectivity index (χ0) is 68.9. The number of aliphatic hydroxyl groups is 11. The summed E-state index contributed by atoms with van der Waals surface area (Å²) in [6, 6.07) is -0.995. The first kappa shape index (κ1) is 87.2. The molecular weight excluding hydrogens is 1210 g/mol. The number of allylic oxidation sites excluding steroid dienone is 5. The lowest BCUT2D eigenvalue weighted by Crippen LogP contribution is -2.66. The molecule has 1 amide bonds. The number of amides is 1. The fourth-order valence-electron chi connectivity index (χ4n) is 13.2. The van der Waals surface area contributed by atoms with Gasteiger partial charge in [0, 0.05) is 6.42 Å². The Hall–Kier alpha value is -1.99. The van der Waals surface area contributed by atoms with Crippen LogP contribution in [0.15, 0.2) is 36.5 Å². The molecule has 3 rings (SSSR count). The fourth-order valence-corrected chi connectivity index (χ4v) is 13.2. The van der Waals surface area contributed by atoms with Crippen molar-refractivity contribution in [1.29, 1.82) is 0 Å². The van der Waals surface area contributed by atoms with Gasteiger partial charge < -0.3 is 89.9 Å². The molecule has 3 heterocycles. The Bertz CT molecular complexity index is 1860. The Balaban J connectivity index is 1.40. The van der Waals surface area contributed by atoms with Gasteiger partial charge in [0.05, 0.1) is 38.6 Å². The number of carbonyl (C=O) groups excluding carboxylic acids is 1. The van der Waals surface area contributed by atoms with E-state index in [1.807, 2.05) is 6.08 Å². The van der Waals surface area contributed by atoms with Gasteiger partial charge in [-0.25, -0.2) is 0 Å². The zero-order valence-electron chi connectivity index (χ0n) is 59.4. The van der Waals surface area contributed by atoms with Gasteiger partial charge in [0.25, 0.3) is 0 Å². The van der Waals surface area contributed by atoms with Crippen LogP contribution in [0.4, 0.5) is 0 Å². The molecule has 0 bridgehead atoms. The van der Waals surface area contributed by atoms with Crippen molar-refractivity contribution in [3.8, 4) is 0 Å². The zero-order valence-corrected chi connectivity index (χ0v) is 59.4. The molecule has 17 atom stereocenters. The molecule has 19 nitrogen and oxygen atoms in total. The van der Waals surface area contributed by atoms with Crippen LogP contribution in [-0.2, 0) is 33.2 Å². The molecule has 3 fully saturated rings. The molecule has 3 aliphatic rings. The molecule has 558 valence electrons. The third kappa shape index (κ3) is 38.6. The van der Waals surface area contributed by atoms with Gasteiger partial charge in [0.1, 0.15) is 73.2 Å². The van der Waals surface area contributed by atoms with Crippen molar-refractivity contribution in [2.24, 2.45) is 0 Å². The third-order valence-electron chi connectivity index (χ3n) is 19.4. The standard InChI is InChI=1S/C76H141NO18/c1-3-5-7-9-11-13-15-17-19-21-23-24-25-26-27-28-29-30-31-32-33-34-36-37-39-41-43-45-47-49-51-53-60(81)59(77-64(82)54-52-50-48-46-44-42-40-38-35-22-20-18-16-14-12-10-8-6-4-2)58-90-74-70(88)67(85)72(62(56-79)92-74)95-76-71(89)68(86)73(63(57-80)93-76)94-75-69(87)66(84)65(83)61(55-78)91-75/h36-37,43,45,51,53,59-63,65-76,78-81,83-89H,3-35,38-42,44,46-50,52,54-58H2,1-2H3,(H,77,82)/b37-36+,45-43+,53-51+. The van der Waals surface area contributed by atoms with Crippen molar-refractivity contribution in [2.75, 3.05) is 26.4 Å². The summed E-state index contributed by atoms with van der Waals surface area (Å²) < 4.78 is 34.4. The van der Waals surface area contributed by atoms with Gasteiger partial charge in [-0.1, -0.05) is 294 Å². The van der Waals surface area contributed by atoms with E-state index in [4.69, 9.17) is 28.4 Å². The summed E-state index contributed by atoms with van der Waals surface area (Å²) in [5.74, 6) is -0.284. The Morgan fingerprint density at radius 1 is 0.368 bits per heavy atom. The van der Waals surface area contributed by atoms with Gasteiger partial charge >= 0.3 is 0 Å². The monoisotopic (exact) mass is 1360 g/mol. The van der Waals surface area contributed by atoms with Crippen LogP contribution in [0.5, 0.6) is 0 Å². The SMILES string of the molecule is CCCCCCCCCCCCCCCCCCCCCCC/C=C/CC/C=C/CC/C=C/C(O)C(COC1OC(CO)C(OC2OC(CO)C(OC3OC(CO)C(O)C(O)C3O)C(O)C2O)C(O)C1O)NC(=O)CCCCCCCCCCCCCCCCCCCCC. The summed E-state index contributed by atoms with van der Waals surface area (Å²) in [5, 5.41) is 121. The summed E-state index contributed by atoms with van der Waals surface area (Å²) in [5.41, 5.74) is 0. The lowest BCUT2D eigenvalue weighted by molar-refractivity contribution is -0.379. The summed E-state index contributed by atoms with van der Waals surface area (Å²) in [6.07, 6.45) is 42.8. The van der Waals surface area contributed by atoms with Gasteiger partial charge in [0.2, 0.25) is 5.91 Å². The van der Waals surface area contributed by atoms with Gasteiger partial charge in [-0.3, -0.25) is 4.79 Å². The van der Waals surface area contributed by atoms with Crippen molar-refractivity contribution in [3.63, 3.8) is 0 Å². The lowest BCUT2D eigenvalue weighted by Gasteiger charge is -2.48. The van der Waals surface area contributed by atoms with Crippen molar-refractivity contribution in [3.05, 3.63) is 36.5 Å². The summed E-state index contributed by atoms with van der Waals surface area (Å²) >= 11 is 0. The first-order chi connectivity index (χ1) is 46.3. The van der Waals surface area contributed by atoms with Crippen molar-refractivity contribution in [1.82, 2.24) is 5.32 Å². The summed E-state index contributed by atoms with van der Waals surface area (Å²) in [4.78, 5) is 13.4. The van der Waals surface area contributed by atoms with E-state index in [2.05, 4.69) is 43.5 Å². The molecule has 3 aliphatic heterocycles. The first-order valence-corrected chi connectivity index (χ1v) is 38.7. The predicted molar refractivity (Wildman–Crippen MR) is 374 cm³/mol. The van der Waals surface area contributed by atoms with E-state index in [1.54, 1.807) is 6.08 Å². The molecule has 17 unspecified atom stereocenters. The molecule has 0 spiro atoms. The second-order valence-corrected chi connectivity index (χ2v) is 27.8. The van der Waals surface area contributed by atoms with Gasteiger partial charge in [-0.05, 0) is 44.9 Å². The molecule has 3 saturated heterocycles. The Labute approximate surface area is 574 Å². The number of aliphatic hydroxyl groups excluding tert-OH is 11. The average Bonchev–Trinajstić information content (AvgIpc) is 0.787. The van der Waals surface area contributed by atoms with Crippen LogP contribution in [0, 0.1) is 0 Å². The van der Waals surface area contributed by atoms with E-state index in [0.717, 1.165) is 44.9 Å². The minimum absolute atomic E-state index is 0.236. The molecular formula is C76H141NO18. The number of nitrogens with one attached hydrogen (secondary N) is 1. The number of unbranched alkanes of at least 4 members (excludes halogenated alkanes) is 41. The van der Waals surface area contributed by atoms with Crippen LogP contribution in [-0.4, -0.2) is 193 Å². The van der Waals surface area contributed by atoms with E-state index in [-0.39, 0.29) is 18.9 Å². The van der Waals surface area contributed by atoms with Crippen molar-refractivity contribution in [2.45, 2.75) is 413 Å². The van der Waals surface area contributed by atoms with Crippen LogP contribution in [0.2, 0.25) is 0 Å². The first-order valence-electron chi connectivity index (χ1n) is 38.7. The van der Waals surface area contributed by atoms with Crippen LogP contribution < -0.4 is 5.32 Å². The summed E-state index contributed by atoms with van der Waals surface area (Å²) in [7, 11) is 0. The molecule has 0 radical (unpaired) electrons. The Kier molecular flexibility index (Phi) is 52.9. The smallest absolute Gasteiger partial charge is 0.220 e. The van der Waals surface area contributed by atoms with Crippen LogP contribution in [0.3, 0.4) is 0 Å². The highest BCUT2D eigenvalue weighted by atomic mass is 16.8. The normalized spacial score (nSPS) is 27.4. The second-order valence-electron chi connectivity index (χ2n) is 27.8. The fraction of sp³-hybridized carbons (Fsp3) is 0.908. The number of carbonyl (C=O) groups is 1. The molecule has 95 heavy (non-hydrogen) atoms. The number of hydrogen-bond acceptors (Lipinski definition) is 18. The number of ether oxygens (including phenoxy) is 6. The minimum Gasteiger partial charge on any atom is -0.394 e. The van der Waals surface area contributed by atoms with E-state index < -0.39 is 124 Å². The van der Waals surface area contributed by atoms with E-state index in [0.29, 0.717) is 12.8 Å². The molecule has 0 saturated carbocycles. The highest BCUT2D eigenvalue weighted by Crippen LogP contribution is 2.33. The maximum absolute atomic E-state index is 13.4. The van der Waals surface area contributed by atoms with E-state index in [1.165, 1.54) is 231 Å². The quantitative estimate of drug-likeness (QED) is 0.0199. The molecule has 12 N–H and O–H groups in total. The van der Waals surface area contributed by atoms with Gasteiger partial charge in [0.15, 0.2) is 18.9 Å². The molecule has 0 aromatic carbocycles. The molecule has 19 heteroatoms. The van der Waals surface area contributed by atoms with E-state index >= 15 is 0 Å². The van der Waals surface area contributed by atoms with Crippen LogP contribution in [0.1, 0.15) is 309 Å². The van der Waals surface area contributed by atoms with Crippen molar-refractivity contribution >= 4 is 5.91 Å². The topological polar surface area (TPSA) is 307 Å². The number of rotatable bonds is 61. The maximum Gasteiger partial charge on any atom is 0.220 e. The van der Waals surface area contributed by atoms with Crippen molar-refractivity contribution < 1.29 is 89.4 Å². The van der Waals surface area contributed by atoms with Gasteiger partial charge in [-0.2, -0.15) is 0 Å². The highest BCUT2D eigenvalue weighted by Gasteiger charge is 2.53. The lowest BCUT2D eigenvalue weighted by atomic mass is 9.96. The van der Waals surface area contributed by atoms with Gasteiger partial charge in [-0.15, -0.1) is 0 Å². The predicted octanol–water partition coefficient (Wildman–Crippen LogP) is 11.9. The largest absolute Gasteiger partial charge is 0.394 e. The average molecular weight is 1360 g/mol. The second kappa shape index (κ2) is 57.6. The Morgan fingerprint density at radius 3 is 1.05 bits per heavy atom. The highest BCUT2D eigenvalue weighted by molar-refractivity contribution is 5.76. The summed E-state index contributed by atoms with van der Waals surface area (Å²) in [6.45, 7) is 1.75. The minimum atomic E-state index is -1.98. The molecule has 0 aromatic rings. The van der Waals surface area contributed by atoms with Crippen LogP contribution >= 0.6 is 0 Å².